The van der Waals surface area contributed by atoms with Crippen LogP contribution in [0.4, 0.5) is 0 Å². The lowest BCUT2D eigenvalue weighted by atomic mass is 9.98. The molecule has 0 saturated heterocycles. The number of pyridine rings is 1. The summed E-state index contributed by atoms with van der Waals surface area (Å²) >= 11 is 0. The van der Waals surface area contributed by atoms with Gasteiger partial charge in [-0.05, 0) is 0 Å². The molecule has 0 saturated carbocycles. The molecule has 0 bridgehead atoms. The van der Waals surface area contributed by atoms with E-state index in [1.807, 2.05) is 7.85 Å². The summed E-state index contributed by atoms with van der Waals surface area (Å²) in [4.78, 5) is 13.9. The summed E-state index contributed by atoms with van der Waals surface area (Å²) < 4.78 is 0. The fourth-order valence-electron chi connectivity index (χ4n) is 0.643. The Morgan fingerprint density at radius 1 is 1.56 bits per heavy atom. The van der Waals surface area contributed by atoms with Crippen LogP contribution in [0.2, 0.25) is 0 Å². The lowest BCUT2D eigenvalue weighted by molar-refractivity contribution is 0.112. The monoisotopic (exact) mass is 119 g/mol. The first-order valence-electron chi connectivity index (χ1n) is 2.70. The second kappa shape index (κ2) is 2.44. The van der Waals surface area contributed by atoms with Crippen LogP contribution < -0.4 is 5.46 Å². The topological polar surface area (TPSA) is 30.0 Å². The second-order valence-electron chi connectivity index (χ2n) is 1.91. The van der Waals surface area contributed by atoms with Crippen LogP contribution in [0, 0.1) is 0 Å². The standard InChI is InChI=1S/C6H6BNO/c7-6-1-5(4-9)2-8-3-6/h1-4H,7H2. The molecule has 0 fully saturated rings. The van der Waals surface area contributed by atoms with Crippen molar-refractivity contribution in [1.29, 1.82) is 0 Å². The van der Waals surface area contributed by atoms with E-state index in [-0.39, 0.29) is 0 Å². The average Bonchev–Trinajstić information content (AvgIpc) is 1.88. The minimum Gasteiger partial charge on any atom is -0.298 e. The zero-order chi connectivity index (χ0) is 6.69. The van der Waals surface area contributed by atoms with Gasteiger partial charge >= 0.3 is 0 Å². The highest BCUT2D eigenvalue weighted by Gasteiger charge is 1.87. The number of aldehydes is 1. The van der Waals surface area contributed by atoms with E-state index in [9.17, 15) is 4.79 Å². The molecule has 1 aromatic rings. The average molecular weight is 119 g/mol. The van der Waals surface area contributed by atoms with Crippen molar-refractivity contribution in [3.8, 4) is 0 Å². The van der Waals surface area contributed by atoms with Gasteiger partial charge in [0.05, 0.1) is 0 Å². The molecule has 1 rings (SSSR count). The van der Waals surface area contributed by atoms with Crippen LogP contribution in [0.3, 0.4) is 0 Å². The van der Waals surface area contributed by atoms with Crippen LogP contribution in [0.5, 0.6) is 0 Å². The maximum absolute atomic E-state index is 10.1. The van der Waals surface area contributed by atoms with Gasteiger partial charge in [-0.15, -0.1) is 0 Å². The number of hydrogen-bond donors (Lipinski definition) is 0. The molecule has 0 aromatic carbocycles. The van der Waals surface area contributed by atoms with E-state index in [4.69, 9.17) is 0 Å². The summed E-state index contributed by atoms with van der Waals surface area (Å²) in [7, 11) is 1.90. The minimum atomic E-state index is 0.634. The fraction of sp³-hybridized carbons (Fsp3) is 0. The van der Waals surface area contributed by atoms with E-state index in [1.165, 1.54) is 0 Å². The van der Waals surface area contributed by atoms with Gasteiger partial charge in [-0.1, -0.05) is 11.5 Å². The lowest BCUT2D eigenvalue weighted by Crippen LogP contribution is -2.03. The molecule has 0 unspecified atom stereocenters. The molecule has 0 atom stereocenters. The van der Waals surface area contributed by atoms with E-state index in [1.54, 1.807) is 18.5 Å². The zero-order valence-electron chi connectivity index (χ0n) is 5.16. The summed E-state index contributed by atoms with van der Waals surface area (Å²) in [5, 5.41) is 0. The molecule has 0 amide bonds. The molecule has 0 radical (unpaired) electrons. The van der Waals surface area contributed by atoms with Crippen LogP contribution in [-0.2, 0) is 0 Å². The highest BCUT2D eigenvalue weighted by atomic mass is 16.1. The van der Waals surface area contributed by atoms with Gasteiger partial charge in [0.2, 0.25) is 0 Å². The Hall–Kier alpha value is -1.12. The van der Waals surface area contributed by atoms with Gasteiger partial charge in [-0.2, -0.15) is 0 Å². The van der Waals surface area contributed by atoms with E-state index in [2.05, 4.69) is 4.98 Å². The fourth-order valence-corrected chi connectivity index (χ4v) is 0.643. The lowest BCUT2D eigenvalue weighted by Gasteiger charge is -1.89. The summed E-state index contributed by atoms with van der Waals surface area (Å²) in [6.45, 7) is 0. The third-order valence-corrected chi connectivity index (χ3v) is 1.03. The molecular formula is C6H6BNO. The Labute approximate surface area is 54.3 Å². The van der Waals surface area contributed by atoms with Crippen LogP contribution in [-0.4, -0.2) is 19.1 Å². The van der Waals surface area contributed by atoms with Gasteiger partial charge in [-0.3, -0.25) is 9.78 Å². The second-order valence-corrected chi connectivity index (χ2v) is 1.91. The third kappa shape index (κ3) is 1.39. The number of nitrogens with zero attached hydrogens (tertiary/aromatic N) is 1. The molecule has 0 aliphatic carbocycles. The van der Waals surface area contributed by atoms with Crippen molar-refractivity contribution in [2.45, 2.75) is 0 Å². The number of aromatic nitrogens is 1. The molecule has 1 heterocycles. The van der Waals surface area contributed by atoms with Crippen LogP contribution in [0.1, 0.15) is 10.4 Å². The molecule has 1 aromatic heterocycles. The van der Waals surface area contributed by atoms with Crippen LogP contribution in [0.15, 0.2) is 18.5 Å². The molecule has 3 heteroatoms. The van der Waals surface area contributed by atoms with Gasteiger partial charge in [0.1, 0.15) is 7.85 Å². The number of rotatable bonds is 1. The first-order valence-corrected chi connectivity index (χ1v) is 2.70. The summed E-state index contributed by atoms with van der Waals surface area (Å²) in [6.07, 6.45) is 4.05. The van der Waals surface area contributed by atoms with E-state index in [0.717, 1.165) is 11.7 Å². The van der Waals surface area contributed by atoms with Crippen LogP contribution in [0.25, 0.3) is 0 Å². The minimum absolute atomic E-state index is 0.634. The molecule has 0 spiro atoms. The summed E-state index contributed by atoms with van der Waals surface area (Å²) in [6, 6.07) is 1.79. The molecule has 2 nitrogen and oxygen atoms in total. The maximum Gasteiger partial charge on any atom is 0.151 e. The van der Waals surface area contributed by atoms with Crippen molar-refractivity contribution in [2.75, 3.05) is 0 Å². The van der Waals surface area contributed by atoms with Crippen molar-refractivity contribution in [3.05, 3.63) is 24.0 Å². The Morgan fingerprint density at radius 2 is 2.33 bits per heavy atom. The Bertz CT molecular complexity index is 224. The molecule has 44 valence electrons. The summed E-state index contributed by atoms with van der Waals surface area (Å²) in [5.74, 6) is 0. The predicted molar refractivity (Wildman–Crippen MR) is 37.8 cm³/mol. The zero-order valence-corrected chi connectivity index (χ0v) is 5.16. The number of hydrogen-bond acceptors (Lipinski definition) is 2. The van der Waals surface area contributed by atoms with Gasteiger partial charge in [0.15, 0.2) is 6.29 Å². The van der Waals surface area contributed by atoms with Crippen molar-refractivity contribution in [3.63, 3.8) is 0 Å². The molecular weight excluding hydrogens is 113 g/mol. The molecule has 0 N–H and O–H groups in total. The quantitative estimate of drug-likeness (QED) is 0.356. The highest BCUT2D eigenvalue weighted by Crippen LogP contribution is 1.85. The normalized spacial score (nSPS) is 8.89. The first-order chi connectivity index (χ1) is 4.33. The van der Waals surface area contributed by atoms with Gasteiger partial charge in [-0.25, -0.2) is 0 Å². The molecule has 9 heavy (non-hydrogen) atoms. The van der Waals surface area contributed by atoms with Crippen LogP contribution >= 0.6 is 0 Å². The molecule has 0 aliphatic heterocycles. The first kappa shape index (κ1) is 6.01. The van der Waals surface area contributed by atoms with E-state index >= 15 is 0 Å². The largest absolute Gasteiger partial charge is 0.298 e. The van der Waals surface area contributed by atoms with E-state index in [0.29, 0.717) is 5.56 Å². The maximum atomic E-state index is 10.1. The van der Waals surface area contributed by atoms with Gasteiger partial charge in [0, 0.05) is 18.0 Å². The summed E-state index contributed by atoms with van der Waals surface area (Å²) in [5.41, 5.74) is 1.65. The molecule has 0 aliphatic rings. The van der Waals surface area contributed by atoms with Crippen molar-refractivity contribution in [2.24, 2.45) is 0 Å². The van der Waals surface area contributed by atoms with Crippen molar-refractivity contribution >= 4 is 19.6 Å². The van der Waals surface area contributed by atoms with Crippen molar-refractivity contribution < 1.29 is 4.79 Å². The highest BCUT2D eigenvalue weighted by molar-refractivity contribution is 6.32. The number of carbonyl (C=O) groups is 1. The van der Waals surface area contributed by atoms with Gasteiger partial charge < -0.3 is 0 Å². The Balaban J connectivity index is 3.07. The Morgan fingerprint density at radius 3 is 2.78 bits per heavy atom. The predicted octanol–water partition coefficient (Wildman–Crippen LogP) is -0.847. The third-order valence-electron chi connectivity index (χ3n) is 1.03. The number of carbonyl (C=O) groups excluding carboxylic acids is 1. The van der Waals surface area contributed by atoms with E-state index < -0.39 is 0 Å². The Kier molecular flexibility index (Phi) is 1.63. The smallest absolute Gasteiger partial charge is 0.151 e. The SMILES string of the molecule is Bc1cncc(C=O)c1. The van der Waals surface area contributed by atoms with Crippen molar-refractivity contribution in [1.82, 2.24) is 4.98 Å². The van der Waals surface area contributed by atoms with Gasteiger partial charge in [0.25, 0.3) is 0 Å².